The highest BCUT2D eigenvalue weighted by Crippen LogP contribution is 2.34. The lowest BCUT2D eigenvalue weighted by Gasteiger charge is -2.19. The van der Waals surface area contributed by atoms with E-state index in [2.05, 4.69) is 46.7 Å². The van der Waals surface area contributed by atoms with Crippen molar-refractivity contribution in [1.29, 1.82) is 5.26 Å². The molecule has 0 saturated heterocycles. The molecule has 0 amide bonds. The monoisotopic (exact) mass is 518 g/mol. The highest BCUT2D eigenvalue weighted by atomic mass is 16.5. The van der Waals surface area contributed by atoms with Crippen LogP contribution in [0, 0.1) is 23.3 Å². The Morgan fingerprint density at radius 1 is 0.974 bits per heavy atom. The molecule has 2 aliphatic carbocycles. The molecule has 0 spiro atoms. The van der Waals surface area contributed by atoms with Crippen molar-refractivity contribution in [1.82, 2.24) is 10.6 Å². The standard InChI is InChI=1S/C33H34N4O2/c1-38-31-18-17-27(21-32(31)39-30-13-7-8-14-30)28(16-15-24-9-3-2-4-10-24)22-35-33(36-23-34)37-29-19-25-11-5-6-12-26(25)20-29/h2-6,9-12,17-18,21,28-30H,7-8,13-14,19-20,22H2,1H3,(H2,35,36,37). The molecule has 1 fully saturated rings. The van der Waals surface area contributed by atoms with Crippen molar-refractivity contribution < 1.29 is 9.47 Å². The lowest BCUT2D eigenvalue weighted by Crippen LogP contribution is -2.42. The Kier molecular flexibility index (Phi) is 8.66. The van der Waals surface area contributed by atoms with Gasteiger partial charge in [0.25, 0.3) is 0 Å². The van der Waals surface area contributed by atoms with E-state index in [1.807, 2.05) is 54.7 Å². The van der Waals surface area contributed by atoms with Crippen LogP contribution in [-0.2, 0) is 12.8 Å². The average molecular weight is 519 g/mol. The molecule has 3 aromatic rings. The van der Waals surface area contributed by atoms with E-state index in [-0.39, 0.29) is 18.1 Å². The van der Waals surface area contributed by atoms with Gasteiger partial charge in [-0.25, -0.2) is 0 Å². The number of benzene rings is 3. The zero-order valence-corrected chi connectivity index (χ0v) is 22.3. The first-order valence-electron chi connectivity index (χ1n) is 13.7. The summed E-state index contributed by atoms with van der Waals surface area (Å²) in [6.45, 7) is 0.381. The molecule has 6 heteroatoms. The summed E-state index contributed by atoms with van der Waals surface area (Å²) < 4.78 is 12.0. The van der Waals surface area contributed by atoms with Crippen LogP contribution in [0.4, 0.5) is 0 Å². The van der Waals surface area contributed by atoms with Crippen molar-refractivity contribution in [3.8, 4) is 29.5 Å². The van der Waals surface area contributed by atoms with Gasteiger partial charge in [0, 0.05) is 11.6 Å². The summed E-state index contributed by atoms with van der Waals surface area (Å²) in [4.78, 5) is 4.80. The van der Waals surface area contributed by atoms with Crippen LogP contribution < -0.4 is 20.1 Å². The molecule has 0 bridgehead atoms. The Morgan fingerprint density at radius 3 is 2.38 bits per heavy atom. The van der Waals surface area contributed by atoms with Crippen LogP contribution in [0.5, 0.6) is 11.5 Å². The van der Waals surface area contributed by atoms with E-state index in [4.69, 9.17) is 14.5 Å². The fourth-order valence-electron chi connectivity index (χ4n) is 5.33. The number of ether oxygens (including phenoxy) is 2. The first kappa shape index (κ1) is 26.2. The summed E-state index contributed by atoms with van der Waals surface area (Å²) >= 11 is 0. The van der Waals surface area contributed by atoms with Crippen molar-refractivity contribution in [3.05, 3.63) is 95.1 Å². The summed E-state index contributed by atoms with van der Waals surface area (Å²) in [5.41, 5.74) is 4.62. The summed E-state index contributed by atoms with van der Waals surface area (Å²) in [5.74, 6) is 8.46. The number of fused-ring (bicyclic) bond motifs is 1. The van der Waals surface area contributed by atoms with Crippen LogP contribution in [0.1, 0.15) is 53.9 Å². The van der Waals surface area contributed by atoms with E-state index < -0.39 is 0 Å². The second-order valence-electron chi connectivity index (χ2n) is 10.1. The normalized spacial score (nSPS) is 15.9. The molecule has 0 heterocycles. The fraction of sp³-hybridized carbons (Fsp3) is 0.333. The molecule has 0 aliphatic heterocycles. The number of guanidine groups is 1. The predicted octanol–water partition coefficient (Wildman–Crippen LogP) is 5.34. The lowest BCUT2D eigenvalue weighted by atomic mass is 9.98. The number of nitrogens with one attached hydrogen (secondary N) is 2. The molecule has 0 radical (unpaired) electrons. The van der Waals surface area contributed by atoms with Crippen LogP contribution in [0.2, 0.25) is 0 Å². The lowest BCUT2D eigenvalue weighted by molar-refractivity contribution is 0.200. The summed E-state index contributed by atoms with van der Waals surface area (Å²) in [7, 11) is 1.67. The predicted molar refractivity (Wildman–Crippen MR) is 154 cm³/mol. The molecule has 1 unspecified atom stereocenters. The van der Waals surface area contributed by atoms with Crippen molar-refractivity contribution >= 4 is 5.96 Å². The van der Waals surface area contributed by atoms with E-state index in [9.17, 15) is 5.26 Å². The topological polar surface area (TPSA) is 78.7 Å². The van der Waals surface area contributed by atoms with E-state index in [0.29, 0.717) is 12.5 Å². The van der Waals surface area contributed by atoms with Gasteiger partial charge in [-0.2, -0.15) is 5.26 Å². The van der Waals surface area contributed by atoms with Crippen LogP contribution in [0.25, 0.3) is 0 Å². The Hall–Kier alpha value is -4.42. The molecule has 1 saturated carbocycles. The van der Waals surface area contributed by atoms with Crippen LogP contribution >= 0.6 is 0 Å². The van der Waals surface area contributed by atoms with Crippen molar-refractivity contribution in [2.24, 2.45) is 4.99 Å². The highest BCUT2D eigenvalue weighted by molar-refractivity contribution is 5.81. The van der Waals surface area contributed by atoms with Gasteiger partial charge in [0.1, 0.15) is 0 Å². The van der Waals surface area contributed by atoms with E-state index in [1.165, 1.54) is 24.0 Å². The third kappa shape index (κ3) is 6.92. The third-order valence-corrected chi connectivity index (χ3v) is 7.35. The Balaban J connectivity index is 1.39. The van der Waals surface area contributed by atoms with Gasteiger partial charge in [-0.05, 0) is 79.5 Å². The molecule has 6 nitrogen and oxygen atoms in total. The van der Waals surface area contributed by atoms with Crippen LogP contribution in [0.15, 0.2) is 77.8 Å². The van der Waals surface area contributed by atoms with Crippen molar-refractivity contribution in [3.63, 3.8) is 0 Å². The maximum atomic E-state index is 9.41. The Labute approximate surface area is 231 Å². The molecule has 0 aromatic heterocycles. The molecule has 5 rings (SSSR count). The first-order chi connectivity index (χ1) is 19.2. The molecular weight excluding hydrogens is 484 g/mol. The second-order valence-corrected chi connectivity index (χ2v) is 10.1. The second kappa shape index (κ2) is 12.9. The molecule has 198 valence electrons. The zero-order valence-electron chi connectivity index (χ0n) is 22.3. The minimum atomic E-state index is -0.208. The maximum absolute atomic E-state index is 9.41. The summed E-state index contributed by atoms with van der Waals surface area (Å²) in [6.07, 6.45) is 8.57. The Morgan fingerprint density at radius 2 is 1.69 bits per heavy atom. The minimum Gasteiger partial charge on any atom is -0.493 e. The van der Waals surface area contributed by atoms with Gasteiger partial charge in [-0.15, -0.1) is 0 Å². The number of methoxy groups -OCH3 is 1. The van der Waals surface area contributed by atoms with Gasteiger partial charge >= 0.3 is 0 Å². The van der Waals surface area contributed by atoms with Gasteiger partial charge in [-0.3, -0.25) is 10.3 Å². The van der Waals surface area contributed by atoms with Crippen molar-refractivity contribution in [2.45, 2.75) is 56.6 Å². The van der Waals surface area contributed by atoms with E-state index in [0.717, 1.165) is 48.3 Å². The number of nitriles is 1. The van der Waals surface area contributed by atoms with Gasteiger partial charge in [0.05, 0.1) is 25.7 Å². The quantitative estimate of drug-likeness (QED) is 0.145. The van der Waals surface area contributed by atoms with Crippen LogP contribution in [0.3, 0.4) is 0 Å². The molecule has 3 aromatic carbocycles. The summed E-state index contributed by atoms with van der Waals surface area (Å²) in [6, 6.07) is 24.6. The summed E-state index contributed by atoms with van der Waals surface area (Å²) in [5, 5.41) is 15.6. The van der Waals surface area contributed by atoms with Gasteiger partial charge in [-0.1, -0.05) is 60.4 Å². The largest absolute Gasteiger partial charge is 0.493 e. The zero-order chi connectivity index (χ0) is 26.9. The third-order valence-electron chi connectivity index (χ3n) is 7.35. The Bertz CT molecular complexity index is 1370. The maximum Gasteiger partial charge on any atom is 0.204 e. The number of nitrogens with zero attached hydrogens (tertiary/aromatic N) is 2. The van der Waals surface area contributed by atoms with Gasteiger partial charge < -0.3 is 14.8 Å². The van der Waals surface area contributed by atoms with Crippen LogP contribution in [-0.4, -0.2) is 31.8 Å². The van der Waals surface area contributed by atoms with E-state index in [1.54, 1.807) is 7.11 Å². The molecule has 2 N–H and O–H groups in total. The SMILES string of the molecule is COc1ccc(C(C#Cc2ccccc2)CN=C(NC#N)NC2Cc3ccccc3C2)cc1OC1CCCC1. The van der Waals surface area contributed by atoms with E-state index >= 15 is 0 Å². The average Bonchev–Trinajstić information content (AvgIpc) is 3.63. The smallest absolute Gasteiger partial charge is 0.204 e. The number of hydrogen-bond donors (Lipinski definition) is 2. The number of hydrogen-bond acceptors (Lipinski definition) is 4. The minimum absolute atomic E-state index is 0.184. The molecule has 1 atom stereocenters. The highest BCUT2D eigenvalue weighted by Gasteiger charge is 2.23. The molecular formula is C33H34N4O2. The number of aliphatic imine (C=N–C) groups is 1. The number of rotatable bonds is 7. The fourth-order valence-corrected chi connectivity index (χ4v) is 5.33. The molecule has 39 heavy (non-hydrogen) atoms. The van der Waals surface area contributed by atoms with Crippen molar-refractivity contribution in [2.75, 3.05) is 13.7 Å². The van der Waals surface area contributed by atoms with Gasteiger partial charge in [0.15, 0.2) is 17.7 Å². The first-order valence-corrected chi connectivity index (χ1v) is 13.7. The molecule has 2 aliphatic rings. The van der Waals surface area contributed by atoms with Gasteiger partial charge in [0.2, 0.25) is 5.96 Å².